The zero-order valence-electron chi connectivity index (χ0n) is 10.4. The van der Waals surface area contributed by atoms with Gasteiger partial charge < -0.3 is 15.2 Å². The second-order valence-electron chi connectivity index (χ2n) is 5.04. The minimum absolute atomic E-state index is 0.0602. The molecule has 0 amide bonds. The van der Waals surface area contributed by atoms with Gasteiger partial charge in [-0.05, 0) is 42.0 Å². The molecule has 1 aromatic heterocycles. The summed E-state index contributed by atoms with van der Waals surface area (Å²) in [7, 11) is 0. The predicted molar refractivity (Wildman–Crippen MR) is 73.6 cm³/mol. The number of aromatic carboxylic acids is 1. The molecule has 0 radical (unpaired) electrons. The van der Waals surface area contributed by atoms with Gasteiger partial charge in [0.2, 0.25) is 0 Å². The topological polar surface area (TPSA) is 90.4 Å². The van der Waals surface area contributed by atoms with E-state index < -0.39 is 11.9 Å². The third kappa shape index (κ3) is 1.94. The molecule has 5 nitrogen and oxygen atoms in total. The smallest absolute Gasteiger partial charge is 0.352 e. The second-order valence-corrected chi connectivity index (χ2v) is 5.48. The van der Waals surface area contributed by atoms with Gasteiger partial charge in [-0.15, -0.1) is 0 Å². The van der Waals surface area contributed by atoms with E-state index in [0.717, 1.165) is 10.9 Å². The maximum absolute atomic E-state index is 11.4. The molecule has 1 unspecified atom stereocenters. The van der Waals surface area contributed by atoms with Crippen LogP contribution in [-0.4, -0.2) is 27.1 Å². The Morgan fingerprint density at radius 3 is 2.75 bits per heavy atom. The lowest BCUT2D eigenvalue weighted by molar-refractivity contribution is -0.137. The molecular formula is C14H12ClNO4. The van der Waals surface area contributed by atoms with Gasteiger partial charge in [-0.3, -0.25) is 4.79 Å². The first-order valence-corrected chi connectivity index (χ1v) is 6.64. The number of rotatable bonds is 3. The van der Waals surface area contributed by atoms with Gasteiger partial charge in [-0.1, -0.05) is 11.6 Å². The van der Waals surface area contributed by atoms with Crippen LogP contribution in [0.1, 0.15) is 40.4 Å². The van der Waals surface area contributed by atoms with E-state index in [9.17, 15) is 14.7 Å². The van der Waals surface area contributed by atoms with Crippen LogP contribution in [0.5, 0.6) is 0 Å². The number of H-pyrrole nitrogens is 1. The Balaban J connectivity index is 2.29. The minimum Gasteiger partial charge on any atom is -0.481 e. The molecule has 2 aromatic rings. The number of aromatic nitrogens is 1. The van der Waals surface area contributed by atoms with E-state index >= 15 is 0 Å². The van der Waals surface area contributed by atoms with Crippen LogP contribution in [0, 0.1) is 0 Å². The summed E-state index contributed by atoms with van der Waals surface area (Å²) < 4.78 is 0. The number of aromatic amines is 1. The molecule has 0 saturated heterocycles. The van der Waals surface area contributed by atoms with Crippen LogP contribution >= 0.6 is 11.6 Å². The van der Waals surface area contributed by atoms with E-state index in [1.54, 1.807) is 6.07 Å². The summed E-state index contributed by atoms with van der Waals surface area (Å²) >= 11 is 6.03. The fourth-order valence-electron chi connectivity index (χ4n) is 3.07. The number of hydrogen-bond acceptors (Lipinski definition) is 2. The second kappa shape index (κ2) is 4.52. The molecule has 20 heavy (non-hydrogen) atoms. The summed E-state index contributed by atoms with van der Waals surface area (Å²) in [5.74, 6) is -2.27. The Morgan fingerprint density at radius 2 is 2.10 bits per heavy atom. The first-order chi connectivity index (χ1) is 9.47. The molecule has 6 heteroatoms. The van der Waals surface area contributed by atoms with Gasteiger partial charge in [0.15, 0.2) is 0 Å². The van der Waals surface area contributed by atoms with Crippen LogP contribution < -0.4 is 0 Å². The molecular weight excluding hydrogens is 282 g/mol. The number of benzene rings is 1. The number of carboxylic acid groups (broad SMARTS) is 2. The summed E-state index contributed by atoms with van der Waals surface area (Å²) in [5.41, 5.74) is 2.32. The number of hydrogen-bond donors (Lipinski definition) is 3. The fraction of sp³-hybridized carbons (Fsp3) is 0.286. The van der Waals surface area contributed by atoms with Crippen molar-refractivity contribution in [2.45, 2.75) is 25.2 Å². The summed E-state index contributed by atoms with van der Waals surface area (Å²) in [6, 6.07) is 3.50. The van der Waals surface area contributed by atoms with Gasteiger partial charge in [0.05, 0.1) is 6.42 Å². The van der Waals surface area contributed by atoms with Crippen LogP contribution in [0.4, 0.5) is 0 Å². The maximum atomic E-state index is 11.4. The minimum atomic E-state index is -1.07. The highest BCUT2D eigenvalue weighted by atomic mass is 35.5. The summed E-state index contributed by atoms with van der Waals surface area (Å²) in [6.45, 7) is 0. The highest BCUT2D eigenvalue weighted by molar-refractivity contribution is 6.31. The van der Waals surface area contributed by atoms with Gasteiger partial charge in [0.1, 0.15) is 5.69 Å². The average molecular weight is 294 g/mol. The van der Waals surface area contributed by atoms with Crippen LogP contribution in [0.25, 0.3) is 10.9 Å². The normalized spacial score (nSPS) is 17.4. The van der Waals surface area contributed by atoms with Gasteiger partial charge in [-0.2, -0.15) is 0 Å². The zero-order chi connectivity index (χ0) is 14.4. The molecule has 1 aliphatic rings. The fourth-order valence-corrected chi connectivity index (χ4v) is 3.31. The van der Waals surface area contributed by atoms with Crippen molar-refractivity contribution in [1.29, 1.82) is 0 Å². The Kier molecular flexibility index (Phi) is 2.94. The highest BCUT2D eigenvalue weighted by Crippen LogP contribution is 2.41. The van der Waals surface area contributed by atoms with E-state index in [4.69, 9.17) is 16.7 Å². The van der Waals surface area contributed by atoms with E-state index in [1.807, 2.05) is 6.07 Å². The van der Waals surface area contributed by atoms with Crippen molar-refractivity contribution in [3.8, 4) is 0 Å². The monoisotopic (exact) mass is 293 g/mol. The molecule has 1 aliphatic carbocycles. The Labute approximate surface area is 119 Å². The van der Waals surface area contributed by atoms with Crippen LogP contribution in [0.15, 0.2) is 12.1 Å². The van der Waals surface area contributed by atoms with Crippen molar-refractivity contribution in [1.82, 2.24) is 4.98 Å². The van der Waals surface area contributed by atoms with Crippen molar-refractivity contribution < 1.29 is 19.8 Å². The summed E-state index contributed by atoms with van der Waals surface area (Å²) in [5, 5.41) is 19.7. The largest absolute Gasteiger partial charge is 0.481 e. The molecule has 0 bridgehead atoms. The van der Waals surface area contributed by atoms with Crippen molar-refractivity contribution in [3.63, 3.8) is 0 Å². The van der Waals surface area contributed by atoms with Gasteiger partial charge in [-0.25, -0.2) is 4.79 Å². The lowest BCUT2D eigenvalue weighted by Gasteiger charge is -2.22. The zero-order valence-corrected chi connectivity index (χ0v) is 11.2. The molecule has 0 aliphatic heterocycles. The number of carbonyl (C=O) groups is 2. The molecule has 0 spiro atoms. The number of nitrogens with one attached hydrogen (secondary N) is 1. The van der Waals surface area contributed by atoms with Crippen molar-refractivity contribution >= 4 is 34.4 Å². The molecule has 1 atom stereocenters. The number of aliphatic carboxylic acids is 1. The van der Waals surface area contributed by atoms with Crippen molar-refractivity contribution in [3.05, 3.63) is 34.0 Å². The van der Waals surface area contributed by atoms with E-state index in [1.165, 1.54) is 0 Å². The Hall–Kier alpha value is -2.01. The van der Waals surface area contributed by atoms with Crippen LogP contribution in [0.3, 0.4) is 0 Å². The molecule has 3 rings (SSSR count). The standard InChI is InChI=1S/C14H12ClNO4/c15-8-3-6-1-2-7(4-10(17)18)12-11(6)9(5-8)16-13(12)14(19)20/h3,5,7,16H,1-2,4H2,(H,17,18)(H,19,20). The summed E-state index contributed by atoms with van der Waals surface area (Å²) in [6.07, 6.45) is 1.26. The van der Waals surface area contributed by atoms with Crippen LogP contribution in [-0.2, 0) is 11.2 Å². The molecule has 0 saturated carbocycles. The third-order valence-corrected chi connectivity index (χ3v) is 4.01. The lowest BCUT2D eigenvalue weighted by atomic mass is 9.81. The van der Waals surface area contributed by atoms with Crippen LogP contribution in [0.2, 0.25) is 5.02 Å². The maximum Gasteiger partial charge on any atom is 0.352 e. The van der Waals surface area contributed by atoms with Gasteiger partial charge >= 0.3 is 11.9 Å². The molecule has 1 aromatic carbocycles. The van der Waals surface area contributed by atoms with E-state index in [2.05, 4.69) is 4.98 Å². The quantitative estimate of drug-likeness (QED) is 0.811. The number of aryl methyl sites for hydroxylation is 1. The molecule has 0 fully saturated rings. The van der Waals surface area contributed by atoms with Crippen molar-refractivity contribution in [2.24, 2.45) is 0 Å². The van der Waals surface area contributed by atoms with Gasteiger partial charge in [0.25, 0.3) is 0 Å². The molecule has 3 N–H and O–H groups in total. The van der Waals surface area contributed by atoms with E-state index in [-0.39, 0.29) is 18.0 Å². The Bertz CT molecular complexity index is 734. The molecule has 1 heterocycles. The predicted octanol–water partition coefficient (Wildman–Crippen LogP) is 3.02. The highest BCUT2D eigenvalue weighted by Gasteiger charge is 2.30. The average Bonchev–Trinajstić information content (AvgIpc) is 2.73. The lowest BCUT2D eigenvalue weighted by Crippen LogP contribution is -2.14. The first kappa shape index (κ1) is 13.0. The number of halogens is 1. The summed E-state index contributed by atoms with van der Waals surface area (Å²) in [4.78, 5) is 25.2. The van der Waals surface area contributed by atoms with Crippen molar-refractivity contribution in [2.75, 3.05) is 0 Å². The Morgan fingerprint density at radius 1 is 1.35 bits per heavy atom. The molecule has 104 valence electrons. The SMILES string of the molecule is O=C(O)CC1CCc2cc(Cl)cc3[nH]c(C(=O)O)c1c23. The first-order valence-electron chi connectivity index (χ1n) is 6.26. The third-order valence-electron chi connectivity index (χ3n) is 3.79. The van der Waals surface area contributed by atoms with E-state index in [0.29, 0.717) is 28.9 Å². The van der Waals surface area contributed by atoms with Gasteiger partial charge in [0, 0.05) is 15.9 Å². The number of carboxylic acids is 2.